The van der Waals surface area contributed by atoms with E-state index in [0.29, 0.717) is 0 Å². The highest BCUT2D eigenvalue weighted by molar-refractivity contribution is 8.00. The summed E-state index contributed by atoms with van der Waals surface area (Å²) >= 11 is 2.02. The Morgan fingerprint density at radius 1 is 1.54 bits per heavy atom. The molecule has 0 saturated carbocycles. The van der Waals surface area contributed by atoms with Crippen molar-refractivity contribution < 1.29 is 0 Å². The molecule has 4 heteroatoms. The normalized spacial score (nSPS) is 17.2. The van der Waals surface area contributed by atoms with Crippen LogP contribution in [0.4, 0.5) is 0 Å². The number of hydrogen-bond donors (Lipinski definition) is 1. The molecule has 1 fully saturated rings. The molecular formula is C9H15N3S. The minimum atomic E-state index is 0.785. The molecule has 0 amide bonds. The van der Waals surface area contributed by atoms with Crippen LogP contribution < -0.4 is 5.32 Å². The molecule has 13 heavy (non-hydrogen) atoms. The second-order valence-electron chi connectivity index (χ2n) is 3.34. The molecule has 2 rings (SSSR count). The van der Waals surface area contributed by atoms with E-state index < -0.39 is 0 Å². The van der Waals surface area contributed by atoms with Gasteiger partial charge in [0, 0.05) is 36.5 Å². The molecule has 2 heterocycles. The highest BCUT2D eigenvalue weighted by atomic mass is 32.2. The third-order valence-corrected chi connectivity index (χ3v) is 3.50. The van der Waals surface area contributed by atoms with Crippen LogP contribution >= 0.6 is 11.8 Å². The molecule has 1 aliphatic rings. The highest BCUT2D eigenvalue weighted by Gasteiger charge is 2.15. The van der Waals surface area contributed by atoms with E-state index in [-0.39, 0.29) is 0 Å². The summed E-state index contributed by atoms with van der Waals surface area (Å²) in [5.74, 6) is 2.59. The summed E-state index contributed by atoms with van der Waals surface area (Å²) in [6, 6.07) is 0.785. The Bertz CT molecular complexity index is 231. The van der Waals surface area contributed by atoms with Crippen LogP contribution in [0.1, 0.15) is 6.42 Å². The van der Waals surface area contributed by atoms with Gasteiger partial charge in [-0.3, -0.25) is 0 Å². The van der Waals surface area contributed by atoms with Crippen LogP contribution in [0.25, 0.3) is 0 Å². The molecule has 0 atom stereocenters. The fourth-order valence-corrected chi connectivity index (χ4v) is 2.05. The number of rotatable bonds is 5. The van der Waals surface area contributed by atoms with Crippen molar-refractivity contribution in [1.29, 1.82) is 0 Å². The molecule has 1 saturated heterocycles. The molecule has 0 aliphatic carbocycles. The van der Waals surface area contributed by atoms with E-state index in [0.717, 1.165) is 19.1 Å². The lowest BCUT2D eigenvalue weighted by atomic mass is 10.3. The molecule has 1 N–H and O–H groups in total. The van der Waals surface area contributed by atoms with Gasteiger partial charge in [0.05, 0.1) is 6.33 Å². The van der Waals surface area contributed by atoms with E-state index in [1.807, 2.05) is 30.5 Å². The molecule has 3 nitrogen and oxygen atoms in total. The molecule has 0 unspecified atom stereocenters. The standard InChI is InChI=1S/C9H15N3S/c1(2-11-9-6-13-7-9)4-12-5-3-10-8-12/h3,5,8-9,11H,1-2,4,6-7H2. The predicted molar refractivity (Wildman–Crippen MR) is 56.0 cm³/mol. The Kier molecular flexibility index (Phi) is 3.27. The molecule has 72 valence electrons. The summed E-state index contributed by atoms with van der Waals surface area (Å²) in [5.41, 5.74) is 0. The number of hydrogen-bond acceptors (Lipinski definition) is 3. The zero-order valence-electron chi connectivity index (χ0n) is 7.65. The Balaban J connectivity index is 1.53. The first-order chi connectivity index (χ1) is 6.45. The molecule has 1 aromatic rings. The van der Waals surface area contributed by atoms with Crippen LogP contribution in [-0.4, -0.2) is 33.6 Å². The van der Waals surface area contributed by atoms with Crippen molar-refractivity contribution in [2.75, 3.05) is 18.1 Å². The number of aryl methyl sites for hydroxylation is 1. The van der Waals surface area contributed by atoms with Crippen molar-refractivity contribution in [1.82, 2.24) is 14.9 Å². The zero-order chi connectivity index (χ0) is 8.93. The number of nitrogens with zero attached hydrogens (tertiary/aromatic N) is 2. The van der Waals surface area contributed by atoms with Gasteiger partial charge in [-0.05, 0) is 13.0 Å². The smallest absolute Gasteiger partial charge is 0.0945 e. The second-order valence-corrected chi connectivity index (χ2v) is 4.42. The Hall–Kier alpha value is -0.480. The molecule has 1 aliphatic heterocycles. The molecule has 0 aromatic carbocycles. The molecule has 0 spiro atoms. The fourth-order valence-electron chi connectivity index (χ4n) is 1.34. The Morgan fingerprint density at radius 3 is 3.08 bits per heavy atom. The number of thioether (sulfide) groups is 1. The first kappa shape index (κ1) is 9.09. The van der Waals surface area contributed by atoms with Gasteiger partial charge >= 0.3 is 0 Å². The molecule has 1 aromatic heterocycles. The van der Waals surface area contributed by atoms with Crippen LogP contribution in [0.3, 0.4) is 0 Å². The zero-order valence-corrected chi connectivity index (χ0v) is 8.46. The minimum absolute atomic E-state index is 0.785. The Morgan fingerprint density at radius 2 is 2.46 bits per heavy atom. The van der Waals surface area contributed by atoms with Crippen molar-refractivity contribution >= 4 is 11.8 Å². The largest absolute Gasteiger partial charge is 0.337 e. The van der Waals surface area contributed by atoms with Crippen molar-refractivity contribution in [3.63, 3.8) is 0 Å². The minimum Gasteiger partial charge on any atom is -0.337 e. The van der Waals surface area contributed by atoms with Gasteiger partial charge in [-0.1, -0.05) is 0 Å². The second kappa shape index (κ2) is 4.67. The maximum atomic E-state index is 4.00. The average Bonchev–Trinajstić information content (AvgIpc) is 2.53. The molecule has 0 radical (unpaired) electrons. The van der Waals surface area contributed by atoms with E-state index in [4.69, 9.17) is 0 Å². The SMILES string of the molecule is c1cn(CCCNC2CSC2)cn1. The van der Waals surface area contributed by atoms with E-state index in [1.54, 1.807) is 0 Å². The van der Waals surface area contributed by atoms with Gasteiger partial charge in [-0.2, -0.15) is 11.8 Å². The maximum absolute atomic E-state index is 4.00. The molecule has 0 bridgehead atoms. The van der Waals surface area contributed by atoms with Gasteiger partial charge in [-0.15, -0.1) is 0 Å². The maximum Gasteiger partial charge on any atom is 0.0945 e. The predicted octanol–water partition coefficient (Wildman–Crippen LogP) is 0.978. The van der Waals surface area contributed by atoms with E-state index in [2.05, 4.69) is 14.9 Å². The summed E-state index contributed by atoms with van der Waals surface area (Å²) in [4.78, 5) is 4.00. The average molecular weight is 197 g/mol. The van der Waals surface area contributed by atoms with Crippen molar-refractivity contribution in [2.45, 2.75) is 19.0 Å². The van der Waals surface area contributed by atoms with Gasteiger partial charge in [0.25, 0.3) is 0 Å². The van der Waals surface area contributed by atoms with Crippen LogP contribution in [0.15, 0.2) is 18.7 Å². The van der Waals surface area contributed by atoms with Gasteiger partial charge in [0.15, 0.2) is 0 Å². The first-order valence-corrected chi connectivity index (χ1v) is 5.87. The third kappa shape index (κ3) is 2.74. The summed E-state index contributed by atoms with van der Waals surface area (Å²) in [7, 11) is 0. The lowest BCUT2D eigenvalue weighted by molar-refractivity contribution is 0.532. The summed E-state index contributed by atoms with van der Waals surface area (Å²) in [5, 5.41) is 3.53. The van der Waals surface area contributed by atoms with E-state index in [1.165, 1.54) is 17.9 Å². The van der Waals surface area contributed by atoms with Crippen LogP contribution in [0, 0.1) is 0 Å². The first-order valence-electron chi connectivity index (χ1n) is 4.72. The monoisotopic (exact) mass is 197 g/mol. The summed E-state index contributed by atoms with van der Waals surface area (Å²) < 4.78 is 2.12. The van der Waals surface area contributed by atoms with Gasteiger partial charge in [-0.25, -0.2) is 4.98 Å². The third-order valence-electron chi connectivity index (χ3n) is 2.22. The van der Waals surface area contributed by atoms with Crippen molar-refractivity contribution in [2.24, 2.45) is 0 Å². The van der Waals surface area contributed by atoms with E-state index >= 15 is 0 Å². The van der Waals surface area contributed by atoms with Crippen molar-refractivity contribution in [3.8, 4) is 0 Å². The van der Waals surface area contributed by atoms with Gasteiger partial charge in [0.1, 0.15) is 0 Å². The Labute approximate surface area is 82.9 Å². The fraction of sp³-hybridized carbons (Fsp3) is 0.667. The lowest BCUT2D eigenvalue weighted by Gasteiger charge is -2.25. The topological polar surface area (TPSA) is 29.9 Å². The summed E-state index contributed by atoms with van der Waals surface area (Å²) in [6.07, 6.45) is 6.91. The van der Waals surface area contributed by atoms with E-state index in [9.17, 15) is 0 Å². The van der Waals surface area contributed by atoms with Crippen LogP contribution in [-0.2, 0) is 6.54 Å². The lowest BCUT2D eigenvalue weighted by Crippen LogP contribution is -2.40. The van der Waals surface area contributed by atoms with Crippen molar-refractivity contribution in [3.05, 3.63) is 18.7 Å². The van der Waals surface area contributed by atoms with Crippen LogP contribution in [0.2, 0.25) is 0 Å². The highest BCUT2D eigenvalue weighted by Crippen LogP contribution is 2.16. The summed E-state index contributed by atoms with van der Waals surface area (Å²) in [6.45, 7) is 2.20. The van der Waals surface area contributed by atoms with Gasteiger partial charge < -0.3 is 9.88 Å². The van der Waals surface area contributed by atoms with Gasteiger partial charge in [0.2, 0.25) is 0 Å². The molecular weight excluding hydrogens is 182 g/mol. The number of nitrogens with one attached hydrogen (secondary N) is 1. The quantitative estimate of drug-likeness (QED) is 0.714. The number of imidazole rings is 1. The van der Waals surface area contributed by atoms with Crippen LogP contribution in [0.5, 0.6) is 0 Å². The number of aromatic nitrogens is 2.